The quantitative estimate of drug-likeness (QED) is 0.130. The van der Waals surface area contributed by atoms with Gasteiger partial charge in [-0.2, -0.15) is 10.5 Å². The standard InChI is InChI=1S/C90H84B2N4/c1-85(2,3)53-41-65(87(7,8)9)77(66(42-53)88(10,11)12)57-45-59-63-37-51(49-93)39-75-83(63)92(70-34-26-28-36-74(70)95(75)55-29-21-19-22-30-55)72-48-62-58(78-67(89(13,14)15)43-54(86(4,5)6)44-68(78)90(16,17)18)46-60-64-38-52(50-94)40-76-84(64)91(71-47-61(57)81(79(59)72)82(62)80(60)71)69-33-25-27-35-73(69)96(76)56-31-23-20-24-32-56/h19-48H,1-18H3. The number of nitriles is 2. The summed E-state index contributed by atoms with van der Waals surface area (Å²) in [6.07, 6.45) is 0. The Balaban J connectivity index is 1.21. The molecule has 0 spiro atoms. The molecule has 0 atom stereocenters. The monoisotopic (exact) mass is 1240 g/mol. The van der Waals surface area contributed by atoms with Gasteiger partial charge in [-0.15, -0.1) is 0 Å². The second-order valence-corrected chi connectivity index (χ2v) is 34.3. The maximum Gasteiger partial charge on any atom is 0.248 e. The fourth-order valence-corrected chi connectivity index (χ4v) is 17.3. The zero-order chi connectivity index (χ0) is 67.6. The number of nitrogens with zero attached hydrogens (tertiary/aromatic N) is 4. The Morgan fingerprint density at radius 2 is 0.615 bits per heavy atom. The summed E-state index contributed by atoms with van der Waals surface area (Å²) < 4.78 is 0. The van der Waals surface area contributed by atoms with Crippen LogP contribution in [-0.2, 0) is 32.5 Å². The summed E-state index contributed by atoms with van der Waals surface area (Å²) in [5.41, 5.74) is 31.2. The van der Waals surface area contributed by atoms with Crippen molar-refractivity contribution >= 4 is 113 Å². The third-order valence-electron chi connectivity index (χ3n) is 21.8. The van der Waals surface area contributed by atoms with Gasteiger partial charge in [-0.3, -0.25) is 0 Å². The molecule has 0 N–H and O–H groups in total. The first kappa shape index (κ1) is 61.3. The predicted molar refractivity (Wildman–Crippen MR) is 412 cm³/mol. The van der Waals surface area contributed by atoms with E-state index in [4.69, 9.17) is 0 Å². The lowest BCUT2D eigenvalue weighted by Crippen LogP contribution is -2.60. The molecule has 16 rings (SSSR count). The summed E-state index contributed by atoms with van der Waals surface area (Å²) in [4.78, 5) is 4.85. The van der Waals surface area contributed by atoms with E-state index in [1.165, 1.54) is 121 Å². The zero-order valence-electron chi connectivity index (χ0n) is 59.3. The molecule has 470 valence electrons. The number of para-hydroxylation sites is 4. The molecule has 0 bridgehead atoms. The minimum atomic E-state index is -0.288. The minimum absolute atomic E-state index is 0.132. The highest BCUT2D eigenvalue weighted by Crippen LogP contribution is 2.56. The van der Waals surface area contributed by atoms with Crippen molar-refractivity contribution in [1.82, 2.24) is 0 Å². The maximum atomic E-state index is 11.5. The Labute approximate surface area is 569 Å². The smallest absolute Gasteiger partial charge is 0.248 e. The summed E-state index contributed by atoms with van der Waals surface area (Å²) in [5, 5.41) is 30.4. The molecule has 12 aromatic rings. The van der Waals surface area contributed by atoms with Crippen molar-refractivity contribution in [3.63, 3.8) is 0 Å². The number of hydrogen-bond acceptors (Lipinski definition) is 4. The first-order valence-corrected chi connectivity index (χ1v) is 34.7. The molecule has 4 aliphatic rings. The normalized spacial score (nSPS) is 14.0. The molecular formula is C90H84B2N4. The molecule has 0 saturated carbocycles. The van der Waals surface area contributed by atoms with Crippen molar-refractivity contribution in [2.24, 2.45) is 0 Å². The van der Waals surface area contributed by atoms with Crippen LogP contribution in [0.25, 0.3) is 76.8 Å². The Bertz CT molecular complexity index is 5030. The van der Waals surface area contributed by atoms with E-state index in [1.807, 2.05) is 0 Å². The topological polar surface area (TPSA) is 54.1 Å². The highest BCUT2D eigenvalue weighted by molar-refractivity contribution is 7.02. The second kappa shape index (κ2) is 20.5. The Morgan fingerprint density at radius 1 is 0.292 bits per heavy atom. The second-order valence-electron chi connectivity index (χ2n) is 34.3. The molecule has 0 fully saturated rings. The third-order valence-corrected chi connectivity index (χ3v) is 21.8. The van der Waals surface area contributed by atoms with Crippen LogP contribution in [-0.4, -0.2) is 13.4 Å². The predicted octanol–water partition coefficient (Wildman–Crippen LogP) is 20.0. The first-order chi connectivity index (χ1) is 45.4. The lowest BCUT2D eigenvalue weighted by atomic mass is 9.31. The van der Waals surface area contributed by atoms with Crippen LogP contribution in [0.15, 0.2) is 182 Å². The largest absolute Gasteiger partial charge is 0.311 e. The van der Waals surface area contributed by atoms with Crippen LogP contribution in [0.5, 0.6) is 0 Å². The minimum Gasteiger partial charge on any atom is -0.311 e. The molecule has 0 saturated heterocycles. The van der Waals surface area contributed by atoms with Gasteiger partial charge in [-0.25, -0.2) is 0 Å². The van der Waals surface area contributed by atoms with Gasteiger partial charge in [0.1, 0.15) is 0 Å². The van der Waals surface area contributed by atoms with E-state index >= 15 is 0 Å². The molecule has 4 aliphatic heterocycles. The van der Waals surface area contributed by atoms with Crippen LogP contribution in [0.4, 0.5) is 34.1 Å². The van der Waals surface area contributed by atoms with Crippen molar-refractivity contribution in [3.8, 4) is 56.6 Å². The summed E-state index contributed by atoms with van der Waals surface area (Å²) >= 11 is 0. The van der Waals surface area contributed by atoms with E-state index in [0.29, 0.717) is 11.1 Å². The molecule has 96 heavy (non-hydrogen) atoms. The maximum absolute atomic E-state index is 11.5. The van der Waals surface area contributed by atoms with Gasteiger partial charge in [0.05, 0.1) is 23.3 Å². The van der Waals surface area contributed by atoms with Gasteiger partial charge in [-0.1, -0.05) is 245 Å². The van der Waals surface area contributed by atoms with Crippen molar-refractivity contribution in [2.75, 3.05) is 9.80 Å². The van der Waals surface area contributed by atoms with E-state index in [-0.39, 0.29) is 45.9 Å². The molecule has 0 aromatic heterocycles. The van der Waals surface area contributed by atoms with Gasteiger partial charge in [0.15, 0.2) is 0 Å². The summed E-state index contributed by atoms with van der Waals surface area (Å²) in [6.45, 7) is 42.7. The highest BCUT2D eigenvalue weighted by atomic mass is 15.2. The third kappa shape index (κ3) is 8.93. The van der Waals surface area contributed by atoms with Crippen molar-refractivity contribution in [2.45, 2.75) is 157 Å². The van der Waals surface area contributed by atoms with Crippen molar-refractivity contribution in [3.05, 3.63) is 226 Å². The molecule has 0 amide bonds. The van der Waals surface area contributed by atoms with E-state index in [9.17, 15) is 10.5 Å². The number of hydrogen-bond donors (Lipinski definition) is 0. The molecule has 4 heterocycles. The highest BCUT2D eigenvalue weighted by Gasteiger charge is 2.47. The number of fused-ring (bicyclic) bond motifs is 8. The lowest BCUT2D eigenvalue weighted by Gasteiger charge is -2.43. The Hall–Kier alpha value is -9.61. The molecule has 4 nitrogen and oxygen atoms in total. The average molecular weight is 1240 g/mol. The van der Waals surface area contributed by atoms with Gasteiger partial charge in [0.2, 0.25) is 13.4 Å². The molecule has 0 aliphatic carbocycles. The number of anilines is 6. The molecular weight excluding hydrogens is 1160 g/mol. The van der Waals surface area contributed by atoms with Gasteiger partial charge >= 0.3 is 0 Å². The van der Waals surface area contributed by atoms with Gasteiger partial charge in [-0.05, 0) is 237 Å². The molecule has 0 unspecified atom stereocenters. The molecule has 0 radical (unpaired) electrons. The lowest BCUT2D eigenvalue weighted by molar-refractivity contribution is 0.550. The van der Waals surface area contributed by atoms with E-state index in [1.54, 1.807) is 0 Å². The van der Waals surface area contributed by atoms with Crippen molar-refractivity contribution < 1.29 is 0 Å². The van der Waals surface area contributed by atoms with Gasteiger partial charge < -0.3 is 9.80 Å². The average Bonchev–Trinajstić information content (AvgIpc) is 0.663. The fourth-order valence-electron chi connectivity index (χ4n) is 17.3. The molecule has 12 aromatic carbocycles. The van der Waals surface area contributed by atoms with Crippen LogP contribution in [0.3, 0.4) is 0 Å². The molecule has 6 heteroatoms. The van der Waals surface area contributed by atoms with Gasteiger partial charge in [0, 0.05) is 34.1 Å². The number of benzene rings is 12. The van der Waals surface area contributed by atoms with E-state index < -0.39 is 0 Å². The Kier molecular flexibility index (Phi) is 13.1. The van der Waals surface area contributed by atoms with Crippen LogP contribution in [0.1, 0.15) is 169 Å². The summed E-state index contributed by atoms with van der Waals surface area (Å²) in [5.74, 6) is 0. The summed E-state index contributed by atoms with van der Waals surface area (Å²) in [6, 6.07) is 74.7. The zero-order valence-corrected chi connectivity index (χ0v) is 59.3. The van der Waals surface area contributed by atoms with Crippen molar-refractivity contribution in [1.29, 1.82) is 10.5 Å². The number of rotatable bonds is 4. The summed E-state index contributed by atoms with van der Waals surface area (Å²) in [7, 11) is 0. The van der Waals surface area contributed by atoms with Crippen LogP contribution in [0.2, 0.25) is 0 Å². The van der Waals surface area contributed by atoms with Crippen LogP contribution < -0.4 is 42.6 Å². The van der Waals surface area contributed by atoms with E-state index in [0.717, 1.165) is 56.4 Å². The Morgan fingerprint density at radius 3 is 0.927 bits per heavy atom. The fraction of sp³-hybridized carbons (Fsp3) is 0.267. The van der Waals surface area contributed by atoms with Gasteiger partial charge in [0.25, 0.3) is 0 Å². The first-order valence-electron chi connectivity index (χ1n) is 34.7. The van der Waals surface area contributed by atoms with E-state index in [2.05, 4.69) is 329 Å². The van der Waals surface area contributed by atoms with Crippen LogP contribution in [0, 0.1) is 22.7 Å². The SMILES string of the molecule is CC(C)(C)c1cc(C(C)(C)C)c(-c2cc3c4c(cc5c(-c6c(C(C)(C)C)cc(C(C)(C)C)cc6C(C)(C)C)cc6c7c(cc2c4c57)B2c4ccccc4N(c4ccccc4)c4cc(C#N)cc-6c42)B2c4ccccc4N(c4ccccc4)c4cc(C#N)cc-3c42)c(C(C)(C)C)c1. The van der Waals surface area contributed by atoms with Crippen LogP contribution >= 0.6 is 0 Å².